The van der Waals surface area contributed by atoms with Crippen molar-refractivity contribution >= 4 is 0 Å². The van der Waals surface area contributed by atoms with Gasteiger partial charge in [0, 0.05) is 17.6 Å². The number of nitrogens with zero attached hydrogens (tertiary/aromatic N) is 1. The van der Waals surface area contributed by atoms with Crippen LogP contribution in [0.4, 0.5) is 0 Å². The molecule has 120 valence electrons. The topological polar surface area (TPSA) is 35.5 Å². The first kappa shape index (κ1) is 17.9. The van der Waals surface area contributed by atoms with Gasteiger partial charge in [0.25, 0.3) is 0 Å². The van der Waals surface area contributed by atoms with E-state index < -0.39 is 0 Å². The highest BCUT2D eigenvalue weighted by Crippen LogP contribution is 2.25. The molecule has 3 heteroatoms. The maximum atomic E-state index is 9.72. The van der Waals surface area contributed by atoms with Crippen molar-refractivity contribution < 1.29 is 5.11 Å². The third-order valence-corrected chi connectivity index (χ3v) is 4.99. The molecule has 2 unspecified atom stereocenters. The molecule has 1 fully saturated rings. The molecule has 1 aliphatic rings. The third kappa shape index (κ3) is 5.71. The van der Waals surface area contributed by atoms with Crippen LogP contribution in [0.3, 0.4) is 0 Å². The van der Waals surface area contributed by atoms with Crippen molar-refractivity contribution in [1.82, 2.24) is 10.2 Å². The summed E-state index contributed by atoms with van der Waals surface area (Å²) in [5.41, 5.74) is -0.144. The van der Waals surface area contributed by atoms with Crippen molar-refractivity contribution in [3.63, 3.8) is 0 Å². The summed E-state index contributed by atoms with van der Waals surface area (Å²) in [5, 5.41) is 13.2. The van der Waals surface area contributed by atoms with E-state index in [2.05, 4.69) is 38.0 Å². The molecule has 0 radical (unpaired) electrons. The zero-order valence-electron chi connectivity index (χ0n) is 14.1. The van der Waals surface area contributed by atoms with E-state index in [9.17, 15) is 5.11 Å². The average Bonchev–Trinajstić information content (AvgIpc) is 2.73. The fourth-order valence-electron chi connectivity index (χ4n) is 3.44. The molecule has 20 heavy (non-hydrogen) atoms. The Labute approximate surface area is 126 Å². The van der Waals surface area contributed by atoms with Crippen LogP contribution in [0.2, 0.25) is 0 Å². The zero-order valence-corrected chi connectivity index (χ0v) is 14.1. The smallest absolute Gasteiger partial charge is 0.0611 e. The highest BCUT2D eigenvalue weighted by atomic mass is 16.3. The van der Waals surface area contributed by atoms with Crippen molar-refractivity contribution in [3.05, 3.63) is 0 Å². The molecule has 0 aromatic heterocycles. The third-order valence-electron chi connectivity index (χ3n) is 4.99. The Kier molecular flexibility index (Phi) is 8.08. The second kappa shape index (κ2) is 9.01. The Balaban J connectivity index is 2.51. The van der Waals surface area contributed by atoms with Crippen molar-refractivity contribution in [2.45, 2.75) is 89.8 Å². The minimum atomic E-state index is -0.144. The van der Waals surface area contributed by atoms with Crippen LogP contribution in [0.1, 0.15) is 72.1 Å². The van der Waals surface area contributed by atoms with Crippen molar-refractivity contribution in [2.75, 3.05) is 20.2 Å². The molecule has 2 atom stereocenters. The maximum absolute atomic E-state index is 9.72. The molecule has 1 rings (SSSR count). The van der Waals surface area contributed by atoms with Crippen LogP contribution >= 0.6 is 0 Å². The lowest BCUT2D eigenvalue weighted by atomic mass is 9.92. The summed E-state index contributed by atoms with van der Waals surface area (Å²) < 4.78 is 0. The van der Waals surface area contributed by atoms with Gasteiger partial charge in [-0.15, -0.1) is 0 Å². The minimum Gasteiger partial charge on any atom is -0.394 e. The SMILES string of the molecule is CCCNC(C)(CO)CC(C)N(C)C1CCCCCC1. The predicted molar refractivity (Wildman–Crippen MR) is 87.1 cm³/mol. The number of hydrogen-bond donors (Lipinski definition) is 2. The van der Waals surface area contributed by atoms with Gasteiger partial charge in [-0.25, -0.2) is 0 Å². The highest BCUT2D eigenvalue weighted by molar-refractivity contribution is 4.88. The van der Waals surface area contributed by atoms with Gasteiger partial charge in [0.05, 0.1) is 6.61 Å². The van der Waals surface area contributed by atoms with Crippen molar-refractivity contribution in [3.8, 4) is 0 Å². The quantitative estimate of drug-likeness (QED) is 0.672. The van der Waals surface area contributed by atoms with E-state index in [4.69, 9.17) is 0 Å². The Morgan fingerprint density at radius 3 is 2.35 bits per heavy atom. The summed E-state index contributed by atoms with van der Waals surface area (Å²) in [6, 6.07) is 1.25. The normalized spacial score (nSPS) is 22.5. The number of rotatable bonds is 8. The second-order valence-electron chi connectivity index (χ2n) is 7.01. The molecular weight excluding hydrogens is 248 g/mol. The molecule has 0 amide bonds. The fourth-order valence-corrected chi connectivity index (χ4v) is 3.44. The van der Waals surface area contributed by atoms with Gasteiger partial charge < -0.3 is 15.3 Å². The molecule has 1 aliphatic carbocycles. The van der Waals surface area contributed by atoms with Gasteiger partial charge in [0.2, 0.25) is 0 Å². The molecule has 2 N–H and O–H groups in total. The molecule has 3 nitrogen and oxygen atoms in total. The molecule has 0 bridgehead atoms. The van der Waals surface area contributed by atoms with E-state index in [1.807, 2.05) is 0 Å². The molecule has 0 aromatic carbocycles. The van der Waals surface area contributed by atoms with Crippen LogP contribution in [-0.2, 0) is 0 Å². The van der Waals surface area contributed by atoms with Gasteiger partial charge >= 0.3 is 0 Å². The van der Waals surface area contributed by atoms with Crippen molar-refractivity contribution in [1.29, 1.82) is 0 Å². The Morgan fingerprint density at radius 1 is 1.25 bits per heavy atom. The van der Waals surface area contributed by atoms with E-state index >= 15 is 0 Å². The van der Waals surface area contributed by atoms with Gasteiger partial charge in [0.1, 0.15) is 0 Å². The van der Waals surface area contributed by atoms with Crippen LogP contribution in [0.5, 0.6) is 0 Å². The van der Waals surface area contributed by atoms with Gasteiger partial charge in [-0.2, -0.15) is 0 Å². The predicted octanol–water partition coefficient (Wildman–Crippen LogP) is 3.17. The van der Waals surface area contributed by atoms with Crippen LogP contribution in [0, 0.1) is 0 Å². The number of aliphatic hydroxyl groups is 1. The van der Waals surface area contributed by atoms with Gasteiger partial charge in [-0.3, -0.25) is 0 Å². The molecule has 0 saturated heterocycles. The van der Waals surface area contributed by atoms with Crippen LogP contribution in [0.15, 0.2) is 0 Å². The second-order valence-corrected chi connectivity index (χ2v) is 7.01. The highest BCUT2D eigenvalue weighted by Gasteiger charge is 2.29. The molecule has 0 aromatic rings. The molecular formula is C17H36N2O. The summed E-state index contributed by atoms with van der Waals surface area (Å²) in [4.78, 5) is 2.56. The lowest BCUT2D eigenvalue weighted by Gasteiger charge is -2.38. The van der Waals surface area contributed by atoms with E-state index in [-0.39, 0.29) is 12.1 Å². The summed E-state index contributed by atoms with van der Waals surface area (Å²) in [6.45, 7) is 7.84. The molecule has 0 spiro atoms. The first-order valence-corrected chi connectivity index (χ1v) is 8.60. The number of nitrogens with one attached hydrogen (secondary N) is 1. The van der Waals surface area contributed by atoms with Gasteiger partial charge in [-0.1, -0.05) is 32.6 Å². The lowest BCUT2D eigenvalue weighted by Crippen LogP contribution is -2.51. The standard InChI is InChI=1S/C17H36N2O/c1-5-12-18-17(3,14-20)13-15(2)19(4)16-10-8-6-7-9-11-16/h15-16,18,20H,5-14H2,1-4H3. The van der Waals surface area contributed by atoms with Crippen LogP contribution in [0.25, 0.3) is 0 Å². The number of aliphatic hydroxyl groups excluding tert-OH is 1. The van der Waals surface area contributed by atoms with Crippen LogP contribution < -0.4 is 5.32 Å². The monoisotopic (exact) mass is 284 g/mol. The summed E-state index contributed by atoms with van der Waals surface area (Å²) in [7, 11) is 2.28. The maximum Gasteiger partial charge on any atom is 0.0611 e. The first-order chi connectivity index (χ1) is 9.52. The van der Waals surface area contributed by atoms with E-state index in [1.165, 1.54) is 38.5 Å². The summed E-state index contributed by atoms with van der Waals surface area (Å²) in [6.07, 6.45) is 10.4. The summed E-state index contributed by atoms with van der Waals surface area (Å²) >= 11 is 0. The molecule has 0 heterocycles. The lowest BCUT2D eigenvalue weighted by molar-refractivity contribution is 0.100. The van der Waals surface area contributed by atoms with Crippen LogP contribution in [-0.4, -0.2) is 47.8 Å². The van der Waals surface area contributed by atoms with E-state index in [1.54, 1.807) is 0 Å². The number of hydrogen-bond acceptors (Lipinski definition) is 3. The summed E-state index contributed by atoms with van der Waals surface area (Å²) in [5.74, 6) is 0. The van der Waals surface area contributed by atoms with Gasteiger partial charge in [-0.05, 0) is 53.1 Å². The largest absolute Gasteiger partial charge is 0.394 e. The Hall–Kier alpha value is -0.120. The Bertz CT molecular complexity index is 251. The Morgan fingerprint density at radius 2 is 1.85 bits per heavy atom. The fraction of sp³-hybridized carbons (Fsp3) is 1.00. The zero-order chi connectivity index (χ0) is 15.0. The van der Waals surface area contributed by atoms with Gasteiger partial charge in [0.15, 0.2) is 0 Å². The minimum absolute atomic E-state index is 0.144. The first-order valence-electron chi connectivity index (χ1n) is 8.60. The van der Waals surface area contributed by atoms with E-state index in [0.29, 0.717) is 6.04 Å². The van der Waals surface area contributed by atoms with Crippen molar-refractivity contribution in [2.24, 2.45) is 0 Å². The average molecular weight is 284 g/mol. The molecule has 1 saturated carbocycles. The van der Waals surface area contributed by atoms with E-state index in [0.717, 1.165) is 25.4 Å². The molecule has 0 aliphatic heterocycles.